The standard InChI is InChI=1S/C20H23N3/c1-20(2,3)16-8-6-15(7-9-16)10-13-21-18-11-14-22-17-5-4-12-23-19(17)18/h4-9,11-12,14H,10,13H2,1-3H3,(H,21,22). The van der Waals surface area contributed by atoms with E-state index < -0.39 is 0 Å². The molecule has 23 heavy (non-hydrogen) atoms. The van der Waals surface area contributed by atoms with Crippen LogP contribution in [-0.4, -0.2) is 16.5 Å². The summed E-state index contributed by atoms with van der Waals surface area (Å²) >= 11 is 0. The van der Waals surface area contributed by atoms with E-state index in [0.717, 1.165) is 29.7 Å². The largest absolute Gasteiger partial charge is 0.383 e. The summed E-state index contributed by atoms with van der Waals surface area (Å²) in [4.78, 5) is 8.76. The van der Waals surface area contributed by atoms with Crippen LogP contribution < -0.4 is 5.32 Å². The first-order valence-corrected chi connectivity index (χ1v) is 8.07. The number of pyridine rings is 2. The first-order valence-electron chi connectivity index (χ1n) is 8.07. The molecule has 2 aromatic heterocycles. The lowest BCUT2D eigenvalue weighted by Crippen LogP contribution is -2.11. The molecule has 3 nitrogen and oxygen atoms in total. The maximum absolute atomic E-state index is 4.42. The molecule has 0 radical (unpaired) electrons. The highest BCUT2D eigenvalue weighted by Crippen LogP contribution is 2.22. The monoisotopic (exact) mass is 305 g/mol. The minimum atomic E-state index is 0.207. The van der Waals surface area contributed by atoms with Crippen LogP contribution in [0.3, 0.4) is 0 Å². The Bertz CT molecular complexity index is 781. The maximum Gasteiger partial charge on any atom is 0.112 e. The summed E-state index contributed by atoms with van der Waals surface area (Å²) in [6.07, 6.45) is 4.62. The number of nitrogens with one attached hydrogen (secondary N) is 1. The van der Waals surface area contributed by atoms with E-state index >= 15 is 0 Å². The van der Waals surface area contributed by atoms with Crippen molar-refractivity contribution >= 4 is 16.7 Å². The molecule has 0 unspecified atom stereocenters. The third-order valence-electron chi connectivity index (χ3n) is 4.05. The molecule has 0 saturated carbocycles. The van der Waals surface area contributed by atoms with Crippen LogP contribution in [0.25, 0.3) is 11.0 Å². The van der Waals surface area contributed by atoms with Gasteiger partial charge in [-0.05, 0) is 41.2 Å². The Balaban J connectivity index is 1.65. The van der Waals surface area contributed by atoms with Crippen LogP contribution >= 0.6 is 0 Å². The zero-order chi connectivity index (χ0) is 16.3. The second-order valence-corrected chi connectivity index (χ2v) is 6.85. The van der Waals surface area contributed by atoms with Crippen LogP contribution in [0.15, 0.2) is 54.9 Å². The van der Waals surface area contributed by atoms with Gasteiger partial charge in [0.15, 0.2) is 0 Å². The summed E-state index contributed by atoms with van der Waals surface area (Å²) in [5.74, 6) is 0. The summed E-state index contributed by atoms with van der Waals surface area (Å²) in [7, 11) is 0. The molecule has 3 rings (SSSR count). The molecule has 0 fully saturated rings. The molecular formula is C20H23N3. The zero-order valence-corrected chi connectivity index (χ0v) is 14.0. The highest BCUT2D eigenvalue weighted by Gasteiger charge is 2.12. The van der Waals surface area contributed by atoms with Crippen molar-refractivity contribution in [1.82, 2.24) is 9.97 Å². The van der Waals surface area contributed by atoms with Gasteiger partial charge >= 0.3 is 0 Å². The molecule has 1 N–H and O–H groups in total. The zero-order valence-electron chi connectivity index (χ0n) is 14.0. The molecule has 2 heterocycles. The van der Waals surface area contributed by atoms with Crippen molar-refractivity contribution in [3.05, 3.63) is 66.0 Å². The third kappa shape index (κ3) is 3.67. The summed E-state index contributed by atoms with van der Waals surface area (Å²) in [5, 5.41) is 3.48. The average molecular weight is 305 g/mol. The highest BCUT2D eigenvalue weighted by atomic mass is 14.9. The number of hydrogen-bond donors (Lipinski definition) is 1. The van der Waals surface area contributed by atoms with Gasteiger partial charge in [0, 0.05) is 18.9 Å². The van der Waals surface area contributed by atoms with Gasteiger partial charge in [0.25, 0.3) is 0 Å². The molecule has 0 atom stereocenters. The average Bonchev–Trinajstić information content (AvgIpc) is 2.55. The van der Waals surface area contributed by atoms with Gasteiger partial charge in [-0.1, -0.05) is 45.0 Å². The lowest BCUT2D eigenvalue weighted by Gasteiger charge is -2.19. The Hall–Kier alpha value is -2.42. The van der Waals surface area contributed by atoms with Crippen molar-refractivity contribution in [2.75, 3.05) is 11.9 Å². The molecule has 0 spiro atoms. The van der Waals surface area contributed by atoms with Crippen LogP contribution in [0.4, 0.5) is 5.69 Å². The molecule has 0 aliphatic heterocycles. The van der Waals surface area contributed by atoms with Gasteiger partial charge in [0.05, 0.1) is 11.2 Å². The summed E-state index contributed by atoms with van der Waals surface area (Å²) in [5.41, 5.74) is 5.82. The van der Waals surface area contributed by atoms with Crippen molar-refractivity contribution in [3.63, 3.8) is 0 Å². The normalized spacial score (nSPS) is 11.6. The summed E-state index contributed by atoms with van der Waals surface area (Å²) in [6.45, 7) is 7.60. The van der Waals surface area contributed by atoms with E-state index in [9.17, 15) is 0 Å². The molecular weight excluding hydrogens is 282 g/mol. The lowest BCUT2D eigenvalue weighted by molar-refractivity contribution is 0.590. The third-order valence-corrected chi connectivity index (χ3v) is 4.05. The number of hydrogen-bond acceptors (Lipinski definition) is 3. The first kappa shape index (κ1) is 15.5. The van der Waals surface area contributed by atoms with E-state index in [4.69, 9.17) is 0 Å². The number of fused-ring (bicyclic) bond motifs is 1. The van der Waals surface area contributed by atoms with Crippen LogP contribution in [-0.2, 0) is 11.8 Å². The quantitative estimate of drug-likeness (QED) is 0.766. The van der Waals surface area contributed by atoms with E-state index in [2.05, 4.69) is 60.3 Å². The predicted molar refractivity (Wildman–Crippen MR) is 96.9 cm³/mol. The second-order valence-electron chi connectivity index (χ2n) is 6.85. The molecule has 0 amide bonds. The topological polar surface area (TPSA) is 37.8 Å². The predicted octanol–water partition coefficient (Wildman–Crippen LogP) is 4.58. The SMILES string of the molecule is CC(C)(C)c1ccc(CCNc2ccnc3cccnc23)cc1. The highest BCUT2D eigenvalue weighted by molar-refractivity contribution is 5.86. The van der Waals surface area contributed by atoms with E-state index in [1.807, 2.05) is 24.4 Å². The maximum atomic E-state index is 4.42. The number of nitrogens with zero attached hydrogens (tertiary/aromatic N) is 2. The van der Waals surface area contributed by atoms with Crippen molar-refractivity contribution < 1.29 is 0 Å². The Morgan fingerprint density at radius 1 is 0.913 bits per heavy atom. The van der Waals surface area contributed by atoms with Crippen molar-refractivity contribution in [1.29, 1.82) is 0 Å². The van der Waals surface area contributed by atoms with Gasteiger partial charge in [-0.15, -0.1) is 0 Å². The fourth-order valence-corrected chi connectivity index (χ4v) is 2.64. The second kappa shape index (κ2) is 6.37. The molecule has 0 aliphatic carbocycles. The fraction of sp³-hybridized carbons (Fsp3) is 0.300. The Labute approximate surface area is 137 Å². The number of rotatable bonds is 4. The lowest BCUT2D eigenvalue weighted by atomic mass is 9.86. The van der Waals surface area contributed by atoms with Crippen LogP contribution in [0.5, 0.6) is 0 Å². The fourth-order valence-electron chi connectivity index (χ4n) is 2.64. The molecule has 0 bridgehead atoms. The minimum Gasteiger partial charge on any atom is -0.383 e. The van der Waals surface area contributed by atoms with Gasteiger partial charge < -0.3 is 5.32 Å². The minimum absolute atomic E-state index is 0.207. The van der Waals surface area contributed by atoms with Crippen LogP contribution in [0.1, 0.15) is 31.9 Å². The molecule has 3 heteroatoms. The molecule has 0 aliphatic rings. The van der Waals surface area contributed by atoms with Gasteiger partial charge in [0.2, 0.25) is 0 Å². The van der Waals surface area contributed by atoms with Crippen molar-refractivity contribution in [2.24, 2.45) is 0 Å². The van der Waals surface area contributed by atoms with Crippen LogP contribution in [0, 0.1) is 0 Å². The molecule has 1 aromatic carbocycles. The van der Waals surface area contributed by atoms with E-state index in [0.29, 0.717) is 0 Å². The molecule has 118 valence electrons. The first-order chi connectivity index (χ1) is 11.0. The number of anilines is 1. The van der Waals surface area contributed by atoms with E-state index in [1.54, 1.807) is 6.20 Å². The molecule has 3 aromatic rings. The number of benzene rings is 1. The van der Waals surface area contributed by atoms with E-state index in [-0.39, 0.29) is 5.41 Å². The van der Waals surface area contributed by atoms with Gasteiger partial charge in [-0.3, -0.25) is 9.97 Å². The summed E-state index contributed by atoms with van der Waals surface area (Å²) < 4.78 is 0. The smallest absolute Gasteiger partial charge is 0.112 e. The Kier molecular flexibility index (Phi) is 4.28. The molecule has 0 saturated heterocycles. The van der Waals surface area contributed by atoms with Gasteiger partial charge in [0.1, 0.15) is 5.52 Å². The number of aromatic nitrogens is 2. The van der Waals surface area contributed by atoms with Crippen molar-refractivity contribution in [3.8, 4) is 0 Å². The van der Waals surface area contributed by atoms with Crippen LogP contribution in [0.2, 0.25) is 0 Å². The Morgan fingerprint density at radius 2 is 1.70 bits per heavy atom. The van der Waals surface area contributed by atoms with E-state index in [1.165, 1.54) is 11.1 Å². The summed E-state index contributed by atoms with van der Waals surface area (Å²) in [6, 6.07) is 14.8. The van der Waals surface area contributed by atoms with Gasteiger partial charge in [-0.25, -0.2) is 0 Å². The van der Waals surface area contributed by atoms with Gasteiger partial charge in [-0.2, -0.15) is 0 Å². The van der Waals surface area contributed by atoms with Crippen molar-refractivity contribution in [2.45, 2.75) is 32.6 Å². The Morgan fingerprint density at radius 3 is 2.43 bits per heavy atom.